The summed E-state index contributed by atoms with van der Waals surface area (Å²) in [6.45, 7) is 5.87. The normalized spacial score (nSPS) is 18.1. The molecule has 21 heavy (non-hydrogen) atoms. The van der Waals surface area contributed by atoms with Gasteiger partial charge in [-0.3, -0.25) is 0 Å². The molecule has 0 unspecified atom stereocenters. The maximum atomic E-state index is 6.18. The van der Waals surface area contributed by atoms with E-state index in [1.807, 2.05) is 12.1 Å². The SMILES string of the molecule is Clc1cc(CNCCCN2CCCCC2)cc2c1OCO2. The molecule has 5 heteroatoms. The Bertz CT molecular complexity index is 476. The maximum Gasteiger partial charge on any atom is 0.231 e. The summed E-state index contributed by atoms with van der Waals surface area (Å²) in [5, 5.41) is 4.11. The Balaban J connectivity index is 1.38. The Morgan fingerprint density at radius 3 is 2.86 bits per heavy atom. The molecular weight excluding hydrogens is 288 g/mol. The van der Waals surface area contributed by atoms with Crippen molar-refractivity contribution in [3.63, 3.8) is 0 Å². The first kappa shape index (κ1) is 14.9. The van der Waals surface area contributed by atoms with Gasteiger partial charge in [0, 0.05) is 6.54 Å². The number of fused-ring (bicyclic) bond motifs is 1. The van der Waals surface area contributed by atoms with Crippen LogP contribution in [0.5, 0.6) is 11.5 Å². The number of benzene rings is 1. The van der Waals surface area contributed by atoms with Crippen LogP contribution in [-0.2, 0) is 6.54 Å². The van der Waals surface area contributed by atoms with Gasteiger partial charge in [0.2, 0.25) is 6.79 Å². The molecule has 2 aliphatic rings. The van der Waals surface area contributed by atoms with Crippen LogP contribution in [0.25, 0.3) is 0 Å². The van der Waals surface area contributed by atoms with Crippen molar-refractivity contribution >= 4 is 11.6 Å². The lowest BCUT2D eigenvalue weighted by Crippen LogP contribution is -2.32. The number of ether oxygens (including phenoxy) is 2. The van der Waals surface area contributed by atoms with Crippen molar-refractivity contribution in [3.8, 4) is 11.5 Å². The van der Waals surface area contributed by atoms with Gasteiger partial charge in [0.05, 0.1) is 5.02 Å². The molecule has 0 bridgehead atoms. The van der Waals surface area contributed by atoms with Gasteiger partial charge in [-0.15, -0.1) is 0 Å². The number of nitrogens with zero attached hydrogens (tertiary/aromatic N) is 1. The van der Waals surface area contributed by atoms with Crippen molar-refractivity contribution in [2.24, 2.45) is 0 Å². The molecule has 4 nitrogen and oxygen atoms in total. The van der Waals surface area contributed by atoms with Gasteiger partial charge in [-0.1, -0.05) is 18.0 Å². The molecule has 1 N–H and O–H groups in total. The van der Waals surface area contributed by atoms with E-state index in [0.29, 0.717) is 10.8 Å². The van der Waals surface area contributed by atoms with Gasteiger partial charge >= 0.3 is 0 Å². The molecule has 1 fully saturated rings. The second-order valence-corrected chi connectivity index (χ2v) is 6.15. The first-order valence-corrected chi connectivity index (χ1v) is 8.22. The third-order valence-electron chi connectivity index (χ3n) is 4.09. The summed E-state index contributed by atoms with van der Waals surface area (Å²) in [6.07, 6.45) is 5.32. The van der Waals surface area contributed by atoms with Crippen molar-refractivity contribution in [2.45, 2.75) is 32.2 Å². The predicted molar refractivity (Wildman–Crippen MR) is 84.2 cm³/mol. The van der Waals surface area contributed by atoms with Crippen LogP contribution in [0.1, 0.15) is 31.2 Å². The van der Waals surface area contributed by atoms with Crippen LogP contribution in [-0.4, -0.2) is 37.9 Å². The van der Waals surface area contributed by atoms with E-state index < -0.39 is 0 Å². The Morgan fingerprint density at radius 2 is 2.00 bits per heavy atom. The highest BCUT2D eigenvalue weighted by molar-refractivity contribution is 6.32. The maximum absolute atomic E-state index is 6.18. The highest BCUT2D eigenvalue weighted by atomic mass is 35.5. The topological polar surface area (TPSA) is 33.7 Å². The lowest BCUT2D eigenvalue weighted by molar-refractivity contribution is 0.174. The minimum Gasteiger partial charge on any atom is -0.454 e. The zero-order chi connectivity index (χ0) is 14.5. The van der Waals surface area contributed by atoms with Crippen molar-refractivity contribution in [3.05, 3.63) is 22.7 Å². The number of nitrogens with one attached hydrogen (secondary N) is 1. The summed E-state index contributed by atoms with van der Waals surface area (Å²) in [6, 6.07) is 3.96. The number of hydrogen-bond acceptors (Lipinski definition) is 4. The second kappa shape index (κ2) is 7.34. The zero-order valence-electron chi connectivity index (χ0n) is 12.4. The Morgan fingerprint density at radius 1 is 1.14 bits per heavy atom. The number of likely N-dealkylation sites (tertiary alicyclic amines) is 1. The molecule has 3 rings (SSSR count). The number of piperidine rings is 1. The highest BCUT2D eigenvalue weighted by Gasteiger charge is 2.18. The van der Waals surface area contributed by atoms with Crippen molar-refractivity contribution in [1.82, 2.24) is 10.2 Å². The summed E-state index contributed by atoms with van der Waals surface area (Å²) in [5.41, 5.74) is 1.14. The van der Waals surface area contributed by atoms with E-state index in [9.17, 15) is 0 Å². The van der Waals surface area contributed by atoms with Crippen LogP contribution in [0, 0.1) is 0 Å². The second-order valence-electron chi connectivity index (χ2n) is 5.74. The van der Waals surface area contributed by atoms with Crippen LogP contribution in [0.3, 0.4) is 0 Å². The Hall–Kier alpha value is -0.970. The molecule has 1 aromatic carbocycles. The first-order valence-electron chi connectivity index (χ1n) is 7.84. The van der Waals surface area contributed by atoms with Crippen molar-refractivity contribution < 1.29 is 9.47 Å². The summed E-state index contributed by atoms with van der Waals surface area (Å²) in [5.74, 6) is 1.43. The monoisotopic (exact) mass is 310 g/mol. The van der Waals surface area contributed by atoms with E-state index in [1.54, 1.807) is 0 Å². The molecule has 2 heterocycles. The van der Waals surface area contributed by atoms with E-state index in [1.165, 1.54) is 45.3 Å². The van der Waals surface area contributed by atoms with Gasteiger partial charge in [-0.05, 0) is 63.1 Å². The summed E-state index contributed by atoms with van der Waals surface area (Å²) >= 11 is 6.18. The van der Waals surface area contributed by atoms with Crippen LogP contribution < -0.4 is 14.8 Å². The summed E-state index contributed by atoms with van der Waals surface area (Å²) < 4.78 is 10.7. The van der Waals surface area contributed by atoms with Crippen molar-refractivity contribution in [2.75, 3.05) is 33.0 Å². The smallest absolute Gasteiger partial charge is 0.231 e. The molecule has 0 aliphatic carbocycles. The van der Waals surface area contributed by atoms with Crippen LogP contribution in [0.4, 0.5) is 0 Å². The van der Waals surface area contributed by atoms with E-state index in [-0.39, 0.29) is 6.79 Å². The molecule has 0 spiro atoms. The molecule has 0 saturated carbocycles. The standard InChI is InChI=1S/C16H23ClN2O2/c17-14-9-13(10-15-16(14)21-12-20-15)11-18-5-4-8-19-6-2-1-3-7-19/h9-10,18H,1-8,11-12H2. The molecule has 1 aromatic rings. The molecule has 0 aromatic heterocycles. The lowest BCUT2D eigenvalue weighted by atomic mass is 10.1. The Kier molecular flexibility index (Phi) is 5.22. The van der Waals surface area contributed by atoms with E-state index in [2.05, 4.69) is 10.2 Å². The van der Waals surface area contributed by atoms with E-state index in [0.717, 1.165) is 24.4 Å². The van der Waals surface area contributed by atoms with E-state index >= 15 is 0 Å². The fourth-order valence-corrected chi connectivity index (χ4v) is 3.25. The van der Waals surface area contributed by atoms with Crippen LogP contribution in [0.15, 0.2) is 12.1 Å². The number of halogens is 1. The van der Waals surface area contributed by atoms with Crippen LogP contribution >= 0.6 is 11.6 Å². The minimum atomic E-state index is 0.266. The predicted octanol–water partition coefficient (Wildman–Crippen LogP) is 3.03. The molecule has 0 atom stereocenters. The van der Waals surface area contributed by atoms with Gasteiger partial charge in [0.15, 0.2) is 11.5 Å². The minimum absolute atomic E-state index is 0.266. The molecule has 1 saturated heterocycles. The van der Waals surface area contributed by atoms with Gasteiger partial charge in [0.1, 0.15) is 0 Å². The molecule has 116 valence electrons. The van der Waals surface area contributed by atoms with Crippen LogP contribution in [0.2, 0.25) is 5.02 Å². The lowest BCUT2D eigenvalue weighted by Gasteiger charge is -2.26. The Labute approximate surface area is 131 Å². The molecular formula is C16H23ClN2O2. The average molecular weight is 311 g/mol. The van der Waals surface area contributed by atoms with Gasteiger partial charge in [0.25, 0.3) is 0 Å². The van der Waals surface area contributed by atoms with Gasteiger partial charge in [-0.2, -0.15) is 0 Å². The molecule has 2 aliphatic heterocycles. The third-order valence-corrected chi connectivity index (χ3v) is 4.37. The number of rotatable bonds is 6. The summed E-state index contributed by atoms with van der Waals surface area (Å²) in [4.78, 5) is 2.57. The third kappa shape index (κ3) is 4.02. The zero-order valence-corrected chi connectivity index (χ0v) is 13.1. The highest BCUT2D eigenvalue weighted by Crippen LogP contribution is 2.39. The van der Waals surface area contributed by atoms with Gasteiger partial charge < -0.3 is 19.7 Å². The largest absolute Gasteiger partial charge is 0.454 e. The van der Waals surface area contributed by atoms with Gasteiger partial charge in [-0.25, -0.2) is 0 Å². The first-order chi connectivity index (χ1) is 10.3. The molecule has 0 radical (unpaired) electrons. The summed E-state index contributed by atoms with van der Waals surface area (Å²) in [7, 11) is 0. The fourth-order valence-electron chi connectivity index (χ4n) is 2.97. The van der Waals surface area contributed by atoms with E-state index in [4.69, 9.17) is 21.1 Å². The molecule has 0 amide bonds. The average Bonchev–Trinajstić information content (AvgIpc) is 2.97. The number of hydrogen-bond donors (Lipinski definition) is 1. The quantitative estimate of drug-likeness (QED) is 0.819. The van der Waals surface area contributed by atoms with Crippen molar-refractivity contribution in [1.29, 1.82) is 0 Å². The fraction of sp³-hybridized carbons (Fsp3) is 0.625.